The number of amides is 1. The Morgan fingerprint density at radius 1 is 0.906 bits per heavy atom. The highest BCUT2D eigenvalue weighted by Crippen LogP contribution is 2.36. The van der Waals surface area contributed by atoms with Crippen LogP contribution in [0.3, 0.4) is 0 Å². The number of methoxy groups -OCH3 is 3. The first-order chi connectivity index (χ1) is 15.5. The van der Waals surface area contributed by atoms with Crippen molar-refractivity contribution in [1.82, 2.24) is 4.90 Å². The molecule has 1 N–H and O–H groups in total. The molecule has 3 aromatic carbocycles. The molecule has 0 spiro atoms. The second-order valence-corrected chi connectivity index (χ2v) is 7.55. The molecular formula is C25H26N2O5. The minimum Gasteiger partial charge on any atom is -0.497 e. The molecule has 0 aliphatic heterocycles. The fourth-order valence-electron chi connectivity index (χ4n) is 3.78. The van der Waals surface area contributed by atoms with Crippen LogP contribution < -0.4 is 19.5 Å². The van der Waals surface area contributed by atoms with Crippen LogP contribution in [-0.4, -0.2) is 45.7 Å². The van der Waals surface area contributed by atoms with E-state index in [-0.39, 0.29) is 12.5 Å². The average molecular weight is 434 g/mol. The van der Waals surface area contributed by atoms with Crippen LogP contribution in [0.1, 0.15) is 5.56 Å². The van der Waals surface area contributed by atoms with Crippen LogP contribution >= 0.6 is 0 Å². The summed E-state index contributed by atoms with van der Waals surface area (Å²) in [5, 5.41) is 4.89. The predicted molar refractivity (Wildman–Crippen MR) is 125 cm³/mol. The van der Waals surface area contributed by atoms with Crippen LogP contribution in [0.5, 0.6) is 17.2 Å². The third-order valence-electron chi connectivity index (χ3n) is 5.32. The molecule has 7 nitrogen and oxygen atoms in total. The quantitative estimate of drug-likeness (QED) is 0.434. The second kappa shape index (κ2) is 9.20. The van der Waals surface area contributed by atoms with Crippen LogP contribution in [0.4, 0.5) is 5.69 Å². The summed E-state index contributed by atoms with van der Waals surface area (Å²) in [7, 11) is 6.69. The van der Waals surface area contributed by atoms with Gasteiger partial charge in [0.1, 0.15) is 28.4 Å². The number of carbonyl (C=O) groups is 1. The van der Waals surface area contributed by atoms with E-state index in [4.69, 9.17) is 18.6 Å². The van der Waals surface area contributed by atoms with Crippen molar-refractivity contribution in [2.45, 2.75) is 6.54 Å². The van der Waals surface area contributed by atoms with Gasteiger partial charge in [0.05, 0.1) is 33.6 Å². The van der Waals surface area contributed by atoms with Gasteiger partial charge < -0.3 is 23.9 Å². The van der Waals surface area contributed by atoms with Gasteiger partial charge in [-0.3, -0.25) is 9.69 Å². The Morgan fingerprint density at radius 2 is 1.69 bits per heavy atom. The Balaban J connectivity index is 1.49. The van der Waals surface area contributed by atoms with Gasteiger partial charge in [-0.1, -0.05) is 24.3 Å². The number of likely N-dealkylation sites (N-methyl/N-ethyl adjacent to an activating group) is 1. The Hall–Kier alpha value is -3.71. The molecule has 0 bridgehead atoms. The Morgan fingerprint density at radius 3 is 2.44 bits per heavy atom. The summed E-state index contributed by atoms with van der Waals surface area (Å²) < 4.78 is 22.2. The number of para-hydroxylation sites is 1. The molecule has 0 atom stereocenters. The lowest BCUT2D eigenvalue weighted by atomic mass is 10.1. The van der Waals surface area contributed by atoms with E-state index in [1.807, 2.05) is 60.5 Å². The van der Waals surface area contributed by atoms with Crippen LogP contribution in [-0.2, 0) is 11.3 Å². The van der Waals surface area contributed by atoms with Crippen molar-refractivity contribution in [2.75, 3.05) is 40.2 Å². The van der Waals surface area contributed by atoms with Crippen LogP contribution in [0.15, 0.2) is 59.0 Å². The molecular weight excluding hydrogens is 408 g/mol. The number of carbonyl (C=O) groups excluding carboxylic acids is 1. The number of benzene rings is 3. The van der Waals surface area contributed by atoms with E-state index in [2.05, 4.69) is 5.32 Å². The average Bonchev–Trinajstić information content (AvgIpc) is 3.15. The minimum atomic E-state index is -0.159. The fraction of sp³-hybridized carbons (Fsp3) is 0.240. The van der Waals surface area contributed by atoms with Crippen LogP contribution in [0, 0.1) is 0 Å². The summed E-state index contributed by atoms with van der Waals surface area (Å²) in [5.41, 5.74) is 3.02. The van der Waals surface area contributed by atoms with E-state index in [9.17, 15) is 4.79 Å². The van der Waals surface area contributed by atoms with Gasteiger partial charge >= 0.3 is 0 Å². The first kappa shape index (κ1) is 21.5. The molecule has 1 heterocycles. The van der Waals surface area contributed by atoms with E-state index < -0.39 is 0 Å². The Kier molecular flexibility index (Phi) is 6.18. The summed E-state index contributed by atoms with van der Waals surface area (Å²) in [5.74, 6) is 1.86. The number of anilines is 1. The van der Waals surface area contributed by atoms with Crippen molar-refractivity contribution in [2.24, 2.45) is 0 Å². The first-order valence-corrected chi connectivity index (χ1v) is 10.2. The smallest absolute Gasteiger partial charge is 0.238 e. The highest BCUT2D eigenvalue weighted by molar-refractivity contribution is 6.07. The maximum absolute atomic E-state index is 12.8. The maximum atomic E-state index is 12.8. The van der Waals surface area contributed by atoms with Gasteiger partial charge in [-0.15, -0.1) is 0 Å². The lowest BCUT2D eigenvalue weighted by molar-refractivity contribution is -0.117. The van der Waals surface area contributed by atoms with Gasteiger partial charge in [0.15, 0.2) is 0 Å². The van der Waals surface area contributed by atoms with Gasteiger partial charge in [-0.2, -0.15) is 0 Å². The highest BCUT2D eigenvalue weighted by atomic mass is 16.5. The number of hydrogen-bond acceptors (Lipinski definition) is 6. The van der Waals surface area contributed by atoms with Crippen molar-refractivity contribution < 1.29 is 23.4 Å². The van der Waals surface area contributed by atoms with Gasteiger partial charge in [0.25, 0.3) is 0 Å². The molecule has 0 saturated heterocycles. The third kappa shape index (κ3) is 4.33. The van der Waals surface area contributed by atoms with Crippen LogP contribution in [0.2, 0.25) is 0 Å². The predicted octanol–water partition coefficient (Wildman–Crippen LogP) is 4.68. The lowest BCUT2D eigenvalue weighted by Gasteiger charge is -2.19. The zero-order valence-electron chi connectivity index (χ0n) is 18.6. The molecule has 4 rings (SSSR count). The molecule has 1 aromatic heterocycles. The summed E-state index contributed by atoms with van der Waals surface area (Å²) in [4.78, 5) is 14.7. The number of furan rings is 1. The number of rotatable bonds is 8. The zero-order chi connectivity index (χ0) is 22.7. The Bertz CT molecular complexity index is 1260. The van der Waals surface area contributed by atoms with E-state index in [0.717, 1.165) is 27.7 Å². The maximum Gasteiger partial charge on any atom is 0.238 e. The SMILES string of the molecule is COc1ccc(CN(C)CC(=O)Nc2cc3oc4ccccc4c3cc2OC)c(OC)c1. The third-order valence-corrected chi connectivity index (χ3v) is 5.32. The first-order valence-electron chi connectivity index (χ1n) is 10.2. The van der Waals surface area contributed by atoms with E-state index in [1.165, 1.54) is 0 Å². The standard InChI is InChI=1S/C25H26N2O5/c1-27(14-16-9-10-17(29-2)11-22(16)30-3)15-25(28)26-20-13-23-19(12-24(20)31-4)18-7-5-6-8-21(18)32-23/h5-13H,14-15H2,1-4H3,(H,26,28). The Labute approximate surface area is 186 Å². The summed E-state index contributed by atoms with van der Waals surface area (Å²) in [6, 6.07) is 17.1. The molecule has 0 radical (unpaired) electrons. The van der Waals surface area contributed by atoms with Gasteiger partial charge in [0.2, 0.25) is 5.91 Å². The van der Waals surface area contributed by atoms with Crippen molar-refractivity contribution in [3.63, 3.8) is 0 Å². The number of hydrogen-bond donors (Lipinski definition) is 1. The molecule has 0 aliphatic carbocycles. The molecule has 1 amide bonds. The van der Waals surface area contributed by atoms with Crippen LogP contribution in [0.25, 0.3) is 21.9 Å². The minimum absolute atomic E-state index is 0.159. The van der Waals surface area contributed by atoms with Crippen molar-refractivity contribution >= 4 is 33.5 Å². The van der Waals surface area contributed by atoms with Gasteiger partial charge in [-0.05, 0) is 25.2 Å². The molecule has 0 fully saturated rings. The fourth-order valence-corrected chi connectivity index (χ4v) is 3.78. The molecule has 0 unspecified atom stereocenters. The second-order valence-electron chi connectivity index (χ2n) is 7.55. The van der Waals surface area contributed by atoms with E-state index in [0.29, 0.717) is 29.3 Å². The number of nitrogens with one attached hydrogen (secondary N) is 1. The monoisotopic (exact) mass is 434 g/mol. The molecule has 7 heteroatoms. The highest BCUT2D eigenvalue weighted by Gasteiger charge is 2.16. The van der Waals surface area contributed by atoms with E-state index in [1.54, 1.807) is 27.4 Å². The van der Waals surface area contributed by atoms with Crippen molar-refractivity contribution in [3.05, 3.63) is 60.2 Å². The molecule has 166 valence electrons. The summed E-state index contributed by atoms with van der Waals surface area (Å²) in [6.45, 7) is 0.733. The number of fused-ring (bicyclic) bond motifs is 3. The largest absolute Gasteiger partial charge is 0.497 e. The van der Waals surface area contributed by atoms with Gasteiger partial charge in [0, 0.05) is 35.0 Å². The van der Waals surface area contributed by atoms with Crippen molar-refractivity contribution in [3.8, 4) is 17.2 Å². The summed E-state index contributed by atoms with van der Waals surface area (Å²) in [6.07, 6.45) is 0. The topological polar surface area (TPSA) is 73.2 Å². The molecule has 32 heavy (non-hydrogen) atoms. The van der Waals surface area contributed by atoms with E-state index >= 15 is 0 Å². The lowest BCUT2D eigenvalue weighted by Crippen LogP contribution is -2.30. The van der Waals surface area contributed by atoms with Gasteiger partial charge in [-0.25, -0.2) is 0 Å². The summed E-state index contributed by atoms with van der Waals surface area (Å²) >= 11 is 0. The zero-order valence-corrected chi connectivity index (χ0v) is 18.6. The number of ether oxygens (including phenoxy) is 3. The number of nitrogens with zero attached hydrogens (tertiary/aromatic N) is 1. The molecule has 0 saturated carbocycles. The molecule has 4 aromatic rings. The normalized spacial score (nSPS) is 11.2. The van der Waals surface area contributed by atoms with Crippen molar-refractivity contribution in [1.29, 1.82) is 0 Å². The molecule has 0 aliphatic rings.